The summed E-state index contributed by atoms with van der Waals surface area (Å²) in [5.74, 6) is 1.17. The van der Waals surface area contributed by atoms with Crippen LogP contribution in [0.5, 0.6) is 0 Å². The molecule has 2 aromatic rings. The van der Waals surface area contributed by atoms with Gasteiger partial charge in [-0.15, -0.1) is 0 Å². The fraction of sp³-hybridized carbons (Fsp3) is 0.500. The lowest BCUT2D eigenvalue weighted by molar-refractivity contribution is -0.122. The minimum Gasteiger partial charge on any atom is -0.355 e. The van der Waals surface area contributed by atoms with Crippen LogP contribution in [0.25, 0.3) is 11.4 Å². The summed E-state index contributed by atoms with van der Waals surface area (Å²) in [7, 11) is 0. The molecule has 2 heterocycles. The Morgan fingerprint density at radius 3 is 2.54 bits per heavy atom. The summed E-state index contributed by atoms with van der Waals surface area (Å²) in [6, 6.07) is 10.3. The fourth-order valence-corrected chi connectivity index (χ4v) is 3.28. The summed E-state index contributed by atoms with van der Waals surface area (Å²) in [5.41, 5.74) is 1.15. The molecular weight excluding hydrogens is 326 g/mol. The van der Waals surface area contributed by atoms with Crippen LogP contribution in [0.3, 0.4) is 0 Å². The summed E-state index contributed by atoms with van der Waals surface area (Å²) in [6.45, 7) is 9.23. The maximum atomic E-state index is 11.8. The van der Waals surface area contributed by atoms with Crippen LogP contribution in [-0.2, 0) is 11.3 Å². The van der Waals surface area contributed by atoms with Crippen LogP contribution < -0.4 is 5.32 Å². The number of carbonyl (C=O) groups is 1. The standard InChI is InChI=1S/C20H29N5O/c1-2-8-21-19(26)17-24-13-11-23(12-14-24)15-16-25-10-9-22-20(25)18-6-4-3-5-7-18/h3-7,9-10H,2,8,11-17H2,1H3,(H,21,26). The van der Waals surface area contributed by atoms with Gasteiger partial charge in [-0.25, -0.2) is 4.98 Å². The van der Waals surface area contributed by atoms with Crippen LogP contribution in [0.1, 0.15) is 13.3 Å². The predicted molar refractivity (Wildman–Crippen MR) is 104 cm³/mol. The number of rotatable bonds is 8. The Balaban J connectivity index is 1.44. The van der Waals surface area contributed by atoms with E-state index in [0.29, 0.717) is 6.54 Å². The molecule has 140 valence electrons. The molecule has 1 aromatic carbocycles. The highest BCUT2D eigenvalue weighted by atomic mass is 16.2. The minimum absolute atomic E-state index is 0.145. The van der Waals surface area contributed by atoms with Gasteiger partial charge in [0, 0.05) is 63.8 Å². The average molecular weight is 355 g/mol. The number of hydrogen-bond donors (Lipinski definition) is 1. The zero-order valence-electron chi connectivity index (χ0n) is 15.6. The Kier molecular flexibility index (Phi) is 6.80. The van der Waals surface area contributed by atoms with Gasteiger partial charge in [0.2, 0.25) is 5.91 Å². The van der Waals surface area contributed by atoms with Gasteiger partial charge in [-0.3, -0.25) is 14.6 Å². The molecule has 0 atom stereocenters. The number of piperazine rings is 1. The van der Waals surface area contributed by atoms with Crippen LogP contribution in [0.4, 0.5) is 0 Å². The predicted octanol–water partition coefficient (Wildman–Crippen LogP) is 1.69. The number of amides is 1. The maximum absolute atomic E-state index is 11.8. The molecule has 0 saturated carbocycles. The number of nitrogens with one attached hydrogen (secondary N) is 1. The van der Waals surface area contributed by atoms with Crippen LogP contribution in [-0.4, -0.2) is 71.1 Å². The topological polar surface area (TPSA) is 53.4 Å². The van der Waals surface area contributed by atoms with Gasteiger partial charge in [0.25, 0.3) is 0 Å². The lowest BCUT2D eigenvalue weighted by Gasteiger charge is -2.34. The molecule has 0 aliphatic carbocycles. The highest BCUT2D eigenvalue weighted by Gasteiger charge is 2.18. The number of aromatic nitrogens is 2. The van der Waals surface area contributed by atoms with Gasteiger partial charge >= 0.3 is 0 Å². The van der Waals surface area contributed by atoms with Gasteiger partial charge in [-0.2, -0.15) is 0 Å². The van der Waals surface area contributed by atoms with E-state index in [9.17, 15) is 4.79 Å². The van der Waals surface area contributed by atoms with Crippen molar-refractivity contribution in [2.75, 3.05) is 45.8 Å². The number of carbonyl (C=O) groups excluding carboxylic acids is 1. The lowest BCUT2D eigenvalue weighted by atomic mass is 10.2. The zero-order valence-corrected chi connectivity index (χ0v) is 15.6. The highest BCUT2D eigenvalue weighted by Crippen LogP contribution is 2.16. The number of benzene rings is 1. The Hall–Kier alpha value is -2.18. The molecule has 0 unspecified atom stereocenters. The summed E-state index contributed by atoms with van der Waals surface area (Å²) in [5, 5.41) is 2.95. The van der Waals surface area contributed by atoms with E-state index in [4.69, 9.17) is 0 Å². The van der Waals surface area contributed by atoms with Crippen molar-refractivity contribution in [2.24, 2.45) is 0 Å². The van der Waals surface area contributed by atoms with Crippen molar-refractivity contribution in [2.45, 2.75) is 19.9 Å². The minimum atomic E-state index is 0.145. The first-order valence-electron chi connectivity index (χ1n) is 9.54. The van der Waals surface area contributed by atoms with Crippen molar-refractivity contribution in [1.82, 2.24) is 24.7 Å². The fourth-order valence-electron chi connectivity index (χ4n) is 3.28. The first kappa shape index (κ1) is 18.6. The Bertz CT molecular complexity index is 677. The van der Waals surface area contributed by atoms with Gasteiger partial charge in [-0.05, 0) is 6.42 Å². The van der Waals surface area contributed by atoms with Crippen molar-refractivity contribution in [3.63, 3.8) is 0 Å². The van der Waals surface area contributed by atoms with E-state index in [1.54, 1.807) is 0 Å². The Morgan fingerprint density at radius 1 is 1.08 bits per heavy atom. The SMILES string of the molecule is CCCNC(=O)CN1CCN(CCn2ccnc2-c2ccccc2)CC1. The molecule has 6 heteroatoms. The van der Waals surface area contributed by atoms with Crippen LogP contribution in [0, 0.1) is 0 Å². The third kappa shape index (κ3) is 5.16. The molecule has 6 nitrogen and oxygen atoms in total. The summed E-state index contributed by atoms with van der Waals surface area (Å²) < 4.78 is 2.22. The van der Waals surface area contributed by atoms with Gasteiger partial charge < -0.3 is 9.88 Å². The number of nitrogens with zero attached hydrogens (tertiary/aromatic N) is 4. The maximum Gasteiger partial charge on any atom is 0.234 e. The van der Waals surface area contributed by atoms with Gasteiger partial charge in [-0.1, -0.05) is 37.3 Å². The van der Waals surface area contributed by atoms with E-state index < -0.39 is 0 Å². The lowest BCUT2D eigenvalue weighted by Crippen LogP contribution is -2.50. The normalized spacial score (nSPS) is 15.9. The third-order valence-electron chi connectivity index (χ3n) is 4.81. The van der Waals surface area contributed by atoms with Gasteiger partial charge in [0.1, 0.15) is 5.82 Å². The molecule has 1 aliphatic rings. The number of hydrogen-bond acceptors (Lipinski definition) is 4. The molecular formula is C20H29N5O. The summed E-state index contributed by atoms with van der Waals surface area (Å²) >= 11 is 0. The largest absolute Gasteiger partial charge is 0.355 e. The second kappa shape index (κ2) is 9.50. The average Bonchev–Trinajstić information content (AvgIpc) is 3.15. The number of imidazole rings is 1. The molecule has 1 N–H and O–H groups in total. The van der Waals surface area contributed by atoms with Crippen LogP contribution >= 0.6 is 0 Å². The zero-order chi connectivity index (χ0) is 18.2. The molecule has 0 spiro atoms. The smallest absolute Gasteiger partial charge is 0.234 e. The van der Waals surface area contributed by atoms with E-state index in [-0.39, 0.29) is 5.91 Å². The van der Waals surface area contributed by atoms with E-state index in [1.165, 1.54) is 0 Å². The third-order valence-corrected chi connectivity index (χ3v) is 4.81. The van der Waals surface area contributed by atoms with Crippen LogP contribution in [0.2, 0.25) is 0 Å². The van der Waals surface area contributed by atoms with Crippen molar-refractivity contribution in [1.29, 1.82) is 0 Å². The Morgan fingerprint density at radius 2 is 1.81 bits per heavy atom. The van der Waals surface area contributed by atoms with Gasteiger partial charge in [0.05, 0.1) is 6.54 Å². The second-order valence-electron chi connectivity index (χ2n) is 6.78. The van der Waals surface area contributed by atoms with E-state index in [2.05, 4.69) is 49.9 Å². The van der Waals surface area contributed by atoms with Gasteiger partial charge in [0.15, 0.2) is 0 Å². The second-order valence-corrected chi connectivity index (χ2v) is 6.78. The molecule has 1 fully saturated rings. The molecule has 0 radical (unpaired) electrons. The van der Waals surface area contributed by atoms with Crippen molar-refractivity contribution < 1.29 is 4.79 Å². The highest BCUT2D eigenvalue weighted by molar-refractivity contribution is 5.77. The Labute approximate surface area is 155 Å². The molecule has 0 bridgehead atoms. The van der Waals surface area contributed by atoms with E-state index in [0.717, 1.165) is 63.6 Å². The molecule has 1 amide bonds. The monoisotopic (exact) mass is 355 g/mol. The molecule has 3 rings (SSSR count). The van der Waals surface area contributed by atoms with E-state index in [1.807, 2.05) is 24.4 Å². The quantitative estimate of drug-likeness (QED) is 0.783. The first-order valence-corrected chi connectivity index (χ1v) is 9.54. The molecule has 1 aliphatic heterocycles. The summed E-state index contributed by atoms with van der Waals surface area (Å²) in [4.78, 5) is 21.1. The van der Waals surface area contributed by atoms with Crippen molar-refractivity contribution in [3.05, 3.63) is 42.7 Å². The van der Waals surface area contributed by atoms with Crippen molar-refractivity contribution in [3.8, 4) is 11.4 Å². The first-order chi connectivity index (χ1) is 12.8. The van der Waals surface area contributed by atoms with E-state index >= 15 is 0 Å². The van der Waals surface area contributed by atoms with Crippen molar-refractivity contribution >= 4 is 5.91 Å². The summed E-state index contributed by atoms with van der Waals surface area (Å²) in [6.07, 6.45) is 4.91. The molecule has 1 saturated heterocycles. The molecule has 26 heavy (non-hydrogen) atoms. The molecule has 1 aromatic heterocycles. The van der Waals surface area contributed by atoms with Crippen LogP contribution in [0.15, 0.2) is 42.7 Å².